The monoisotopic (exact) mass is 288 g/mol. The maximum atomic E-state index is 6.12. The molecule has 0 saturated carbocycles. The van der Waals surface area contributed by atoms with Crippen LogP contribution in [0.25, 0.3) is 0 Å². The average Bonchev–Trinajstić information content (AvgIpc) is 2.37. The molecule has 0 spiro atoms. The van der Waals surface area contributed by atoms with Crippen molar-refractivity contribution in [2.24, 2.45) is 5.73 Å². The van der Waals surface area contributed by atoms with E-state index in [9.17, 15) is 0 Å². The molecule has 3 heteroatoms. The molecule has 2 aromatic carbocycles. The molecular formula is C17H21ClN2. The normalized spacial score (nSPS) is 12.2. The van der Waals surface area contributed by atoms with Crippen molar-refractivity contribution in [2.45, 2.75) is 26.3 Å². The van der Waals surface area contributed by atoms with Crippen LogP contribution in [0.4, 0.5) is 11.4 Å². The second kappa shape index (κ2) is 6.29. The zero-order valence-corrected chi connectivity index (χ0v) is 13.0. The predicted octanol–water partition coefficient (Wildman–Crippen LogP) is 4.31. The van der Waals surface area contributed by atoms with Crippen molar-refractivity contribution < 1.29 is 0 Å². The van der Waals surface area contributed by atoms with E-state index >= 15 is 0 Å². The maximum absolute atomic E-state index is 6.12. The SMILES string of the molecule is Cc1cccc(N(C)c2ccc(Cl)cc2CC(C)N)c1. The fourth-order valence-electron chi connectivity index (χ4n) is 2.37. The number of nitrogens with two attached hydrogens (primary N) is 1. The molecule has 0 fully saturated rings. The lowest BCUT2D eigenvalue weighted by Crippen LogP contribution is -2.20. The third-order valence-electron chi connectivity index (χ3n) is 3.33. The van der Waals surface area contributed by atoms with Gasteiger partial charge in [-0.15, -0.1) is 0 Å². The first kappa shape index (κ1) is 14.9. The minimum atomic E-state index is 0.109. The Kier molecular flexibility index (Phi) is 4.69. The van der Waals surface area contributed by atoms with Crippen LogP contribution in [0.15, 0.2) is 42.5 Å². The molecule has 0 amide bonds. The summed E-state index contributed by atoms with van der Waals surface area (Å²) in [6.45, 7) is 4.11. The summed E-state index contributed by atoms with van der Waals surface area (Å²) >= 11 is 6.12. The van der Waals surface area contributed by atoms with Gasteiger partial charge in [-0.2, -0.15) is 0 Å². The van der Waals surface area contributed by atoms with Crippen molar-refractivity contribution >= 4 is 23.0 Å². The molecule has 2 nitrogen and oxygen atoms in total. The largest absolute Gasteiger partial charge is 0.344 e. The van der Waals surface area contributed by atoms with Gasteiger partial charge in [0.2, 0.25) is 0 Å². The molecule has 2 aromatic rings. The molecule has 0 aliphatic rings. The number of hydrogen-bond acceptors (Lipinski definition) is 2. The van der Waals surface area contributed by atoms with Gasteiger partial charge in [0.25, 0.3) is 0 Å². The van der Waals surface area contributed by atoms with Gasteiger partial charge in [-0.25, -0.2) is 0 Å². The molecule has 2 N–H and O–H groups in total. The quantitative estimate of drug-likeness (QED) is 0.908. The van der Waals surface area contributed by atoms with Gasteiger partial charge in [0, 0.05) is 29.5 Å². The second-order valence-electron chi connectivity index (χ2n) is 5.35. The number of benzene rings is 2. The first-order valence-electron chi connectivity index (χ1n) is 6.82. The van der Waals surface area contributed by atoms with Crippen LogP contribution >= 0.6 is 11.6 Å². The first-order valence-corrected chi connectivity index (χ1v) is 7.19. The van der Waals surface area contributed by atoms with Crippen molar-refractivity contribution in [3.05, 3.63) is 58.6 Å². The molecule has 0 heterocycles. The predicted molar refractivity (Wildman–Crippen MR) is 88.0 cm³/mol. The van der Waals surface area contributed by atoms with Gasteiger partial charge in [-0.3, -0.25) is 0 Å². The lowest BCUT2D eigenvalue weighted by molar-refractivity contribution is 0.737. The Labute approximate surface area is 126 Å². The fourth-order valence-corrected chi connectivity index (χ4v) is 2.56. The summed E-state index contributed by atoms with van der Waals surface area (Å²) < 4.78 is 0. The van der Waals surface area contributed by atoms with Crippen molar-refractivity contribution in [3.8, 4) is 0 Å². The Bertz CT molecular complexity index is 593. The van der Waals surface area contributed by atoms with Crippen molar-refractivity contribution in [1.82, 2.24) is 0 Å². The number of aryl methyl sites for hydroxylation is 1. The molecule has 2 rings (SSSR count). The minimum absolute atomic E-state index is 0.109. The highest BCUT2D eigenvalue weighted by atomic mass is 35.5. The Hall–Kier alpha value is -1.51. The lowest BCUT2D eigenvalue weighted by atomic mass is 10.0. The highest BCUT2D eigenvalue weighted by molar-refractivity contribution is 6.30. The van der Waals surface area contributed by atoms with Crippen LogP contribution in [-0.2, 0) is 6.42 Å². The zero-order valence-electron chi connectivity index (χ0n) is 12.2. The minimum Gasteiger partial charge on any atom is -0.344 e. The third kappa shape index (κ3) is 3.53. The van der Waals surface area contributed by atoms with E-state index in [0.717, 1.165) is 17.1 Å². The van der Waals surface area contributed by atoms with Gasteiger partial charge < -0.3 is 10.6 Å². The maximum Gasteiger partial charge on any atom is 0.0442 e. The van der Waals surface area contributed by atoms with Gasteiger partial charge in [0.05, 0.1) is 0 Å². The van der Waals surface area contributed by atoms with Crippen molar-refractivity contribution in [3.63, 3.8) is 0 Å². The molecule has 0 aliphatic carbocycles. The van der Waals surface area contributed by atoms with E-state index in [1.807, 2.05) is 19.1 Å². The van der Waals surface area contributed by atoms with E-state index in [-0.39, 0.29) is 6.04 Å². The number of anilines is 2. The van der Waals surface area contributed by atoms with Crippen LogP contribution in [0, 0.1) is 6.92 Å². The topological polar surface area (TPSA) is 29.3 Å². The number of hydrogen-bond donors (Lipinski definition) is 1. The summed E-state index contributed by atoms with van der Waals surface area (Å²) in [4.78, 5) is 2.18. The molecule has 0 bridgehead atoms. The first-order chi connectivity index (χ1) is 9.47. The summed E-state index contributed by atoms with van der Waals surface area (Å²) in [6, 6.07) is 14.5. The fraction of sp³-hybridized carbons (Fsp3) is 0.294. The Balaban J connectivity index is 2.40. The molecule has 20 heavy (non-hydrogen) atoms. The zero-order chi connectivity index (χ0) is 14.7. The number of nitrogens with zero attached hydrogens (tertiary/aromatic N) is 1. The van der Waals surface area contributed by atoms with E-state index in [1.165, 1.54) is 16.8 Å². The lowest BCUT2D eigenvalue weighted by Gasteiger charge is -2.24. The van der Waals surface area contributed by atoms with Gasteiger partial charge in [0.15, 0.2) is 0 Å². The van der Waals surface area contributed by atoms with Crippen molar-refractivity contribution in [2.75, 3.05) is 11.9 Å². The highest BCUT2D eigenvalue weighted by Gasteiger charge is 2.11. The van der Waals surface area contributed by atoms with E-state index in [4.69, 9.17) is 17.3 Å². The Morgan fingerprint density at radius 1 is 1.20 bits per heavy atom. The van der Waals surface area contributed by atoms with Crippen LogP contribution < -0.4 is 10.6 Å². The van der Waals surface area contributed by atoms with Crippen LogP contribution in [0.1, 0.15) is 18.1 Å². The second-order valence-corrected chi connectivity index (χ2v) is 5.79. The third-order valence-corrected chi connectivity index (χ3v) is 3.57. The van der Waals surface area contributed by atoms with E-state index in [2.05, 4.69) is 49.2 Å². The summed E-state index contributed by atoms with van der Waals surface area (Å²) in [5, 5.41) is 0.752. The average molecular weight is 289 g/mol. The molecule has 0 saturated heterocycles. The molecule has 1 unspecified atom stereocenters. The molecule has 1 atom stereocenters. The Morgan fingerprint density at radius 3 is 2.60 bits per heavy atom. The van der Waals surface area contributed by atoms with Crippen LogP contribution in [-0.4, -0.2) is 13.1 Å². The number of halogens is 1. The molecular weight excluding hydrogens is 268 g/mol. The van der Waals surface area contributed by atoms with E-state index in [0.29, 0.717) is 0 Å². The molecule has 0 aliphatic heterocycles. The Morgan fingerprint density at radius 2 is 1.95 bits per heavy atom. The smallest absolute Gasteiger partial charge is 0.0442 e. The summed E-state index contributed by atoms with van der Waals surface area (Å²) in [7, 11) is 2.07. The van der Waals surface area contributed by atoms with Gasteiger partial charge in [-0.05, 0) is 61.7 Å². The van der Waals surface area contributed by atoms with Gasteiger partial charge in [0.1, 0.15) is 0 Å². The van der Waals surface area contributed by atoms with Gasteiger partial charge in [-0.1, -0.05) is 23.7 Å². The van der Waals surface area contributed by atoms with Crippen LogP contribution in [0.5, 0.6) is 0 Å². The molecule has 0 aromatic heterocycles. The van der Waals surface area contributed by atoms with E-state index in [1.54, 1.807) is 0 Å². The standard InChI is InChI=1S/C17H21ClN2/c1-12-5-4-6-16(9-12)20(3)17-8-7-15(18)11-14(17)10-13(2)19/h4-9,11,13H,10,19H2,1-3H3. The number of rotatable bonds is 4. The summed E-state index contributed by atoms with van der Waals surface area (Å²) in [5.74, 6) is 0. The van der Waals surface area contributed by atoms with Crippen LogP contribution in [0.3, 0.4) is 0 Å². The van der Waals surface area contributed by atoms with Crippen molar-refractivity contribution in [1.29, 1.82) is 0 Å². The highest BCUT2D eigenvalue weighted by Crippen LogP contribution is 2.30. The molecule has 106 valence electrons. The van der Waals surface area contributed by atoms with Crippen LogP contribution in [0.2, 0.25) is 5.02 Å². The summed E-state index contributed by atoms with van der Waals surface area (Å²) in [6.07, 6.45) is 0.812. The van der Waals surface area contributed by atoms with E-state index < -0.39 is 0 Å². The van der Waals surface area contributed by atoms with Gasteiger partial charge >= 0.3 is 0 Å². The summed E-state index contributed by atoms with van der Waals surface area (Å²) in [5.41, 5.74) is 10.7. The molecule has 0 radical (unpaired) electrons.